The third-order valence-corrected chi connectivity index (χ3v) is 7.90. The van der Waals surface area contributed by atoms with Gasteiger partial charge in [-0.05, 0) is 97.8 Å². The summed E-state index contributed by atoms with van der Waals surface area (Å²) in [7, 11) is 0. The second-order valence-electron chi connectivity index (χ2n) is 10.6. The maximum atomic E-state index is 14.1. The highest BCUT2D eigenvalue weighted by molar-refractivity contribution is 6.01. The Balaban J connectivity index is 0.00000423. The van der Waals surface area contributed by atoms with E-state index in [9.17, 15) is 9.59 Å². The van der Waals surface area contributed by atoms with Crippen molar-refractivity contribution in [1.29, 1.82) is 0 Å². The van der Waals surface area contributed by atoms with Gasteiger partial charge in [0.25, 0.3) is 0 Å². The van der Waals surface area contributed by atoms with Gasteiger partial charge in [-0.2, -0.15) is 5.21 Å². The van der Waals surface area contributed by atoms with E-state index in [0.29, 0.717) is 36.5 Å². The molecule has 0 unspecified atom stereocenters. The Morgan fingerprint density at radius 3 is 2.33 bits per heavy atom. The van der Waals surface area contributed by atoms with Gasteiger partial charge < -0.3 is 16.2 Å². The van der Waals surface area contributed by atoms with Crippen LogP contribution in [0.1, 0.15) is 38.2 Å². The molecule has 0 aliphatic heterocycles. The van der Waals surface area contributed by atoms with Gasteiger partial charge in [-0.25, -0.2) is 4.98 Å². The lowest BCUT2D eigenvalue weighted by Gasteiger charge is -2.35. The summed E-state index contributed by atoms with van der Waals surface area (Å²) in [4.78, 5) is 33.1. The van der Waals surface area contributed by atoms with Gasteiger partial charge in [-0.15, -0.1) is 22.6 Å². The fourth-order valence-electron chi connectivity index (χ4n) is 5.58. The molecule has 0 saturated heterocycles. The number of pyridine rings is 1. The number of nitrogens with one attached hydrogen (secondary N) is 1. The maximum Gasteiger partial charge on any atom is 0.240 e. The summed E-state index contributed by atoms with van der Waals surface area (Å²) in [6.45, 7) is 3.05. The first-order valence-electron chi connectivity index (χ1n) is 14.3. The quantitative estimate of drug-likeness (QED) is 0.231. The summed E-state index contributed by atoms with van der Waals surface area (Å²) in [5.74, 6) is 0.535. The fraction of sp³-hybridized carbons (Fsp3) is 0.355. The number of halogens is 1. The fourth-order valence-corrected chi connectivity index (χ4v) is 5.58. The monoisotopic (exact) mass is 604 g/mol. The van der Waals surface area contributed by atoms with Crippen molar-refractivity contribution in [3.05, 3.63) is 72.4 Å². The van der Waals surface area contributed by atoms with Crippen molar-refractivity contribution < 1.29 is 14.3 Å². The minimum atomic E-state index is -0.885. The minimum absolute atomic E-state index is 0. The van der Waals surface area contributed by atoms with E-state index in [4.69, 9.17) is 16.2 Å². The van der Waals surface area contributed by atoms with Crippen LogP contribution >= 0.6 is 12.4 Å². The topological polar surface area (TPSA) is 166 Å². The summed E-state index contributed by atoms with van der Waals surface area (Å²) >= 11 is 0. The summed E-state index contributed by atoms with van der Waals surface area (Å²) < 4.78 is 5.69. The Kier molecular flexibility index (Phi) is 10.8. The molecule has 1 saturated carbocycles. The van der Waals surface area contributed by atoms with Gasteiger partial charge in [-0.1, -0.05) is 24.3 Å². The largest absolute Gasteiger partial charge is 0.478 e. The zero-order valence-corrected chi connectivity index (χ0v) is 24.9. The van der Waals surface area contributed by atoms with Crippen LogP contribution in [0.5, 0.6) is 5.88 Å². The number of hydrogen-bond acceptors (Lipinski definition) is 8. The van der Waals surface area contributed by atoms with Crippen LogP contribution in [0.4, 0.5) is 5.69 Å². The lowest BCUT2D eigenvalue weighted by Crippen LogP contribution is -2.52. The van der Waals surface area contributed by atoms with Crippen LogP contribution in [0.25, 0.3) is 22.5 Å². The van der Waals surface area contributed by atoms with Crippen molar-refractivity contribution in [3.63, 3.8) is 0 Å². The molecular formula is C31H37ClN8O3. The molecular weight excluding hydrogens is 568 g/mol. The summed E-state index contributed by atoms with van der Waals surface area (Å²) in [5.41, 5.74) is 15.9. The van der Waals surface area contributed by atoms with E-state index in [1.165, 1.54) is 0 Å². The van der Waals surface area contributed by atoms with E-state index in [0.717, 1.165) is 47.9 Å². The van der Waals surface area contributed by atoms with Gasteiger partial charge in [0.1, 0.15) is 6.04 Å². The average molecular weight is 605 g/mol. The molecule has 1 atom stereocenters. The number of ether oxygens (including phenoxy) is 1. The number of carbonyl (C=O) groups excluding carboxylic acids is 2. The third-order valence-electron chi connectivity index (χ3n) is 7.90. The summed E-state index contributed by atoms with van der Waals surface area (Å²) in [5, 5.41) is 14.1. The normalized spacial score (nSPS) is 17.0. The molecule has 43 heavy (non-hydrogen) atoms. The summed E-state index contributed by atoms with van der Waals surface area (Å²) in [6, 6.07) is 18.0. The van der Waals surface area contributed by atoms with Crippen LogP contribution in [-0.4, -0.2) is 56.6 Å². The molecule has 12 heteroatoms. The van der Waals surface area contributed by atoms with E-state index in [1.54, 1.807) is 23.2 Å². The van der Waals surface area contributed by atoms with Crippen molar-refractivity contribution in [3.8, 4) is 28.4 Å². The molecule has 5 N–H and O–H groups in total. The number of benzene rings is 2. The molecule has 1 aliphatic rings. The highest BCUT2D eigenvalue weighted by Crippen LogP contribution is 2.33. The number of primary amides is 1. The van der Waals surface area contributed by atoms with Crippen molar-refractivity contribution in [1.82, 2.24) is 25.6 Å². The van der Waals surface area contributed by atoms with Crippen molar-refractivity contribution in [2.75, 3.05) is 18.1 Å². The second kappa shape index (κ2) is 14.7. The lowest BCUT2D eigenvalue weighted by atomic mass is 9.81. The summed E-state index contributed by atoms with van der Waals surface area (Å²) in [6.07, 6.45) is 5.19. The number of anilines is 1. The maximum absolute atomic E-state index is 14.1. The van der Waals surface area contributed by atoms with Gasteiger partial charge in [-0.3, -0.25) is 14.5 Å². The van der Waals surface area contributed by atoms with Crippen molar-refractivity contribution in [2.24, 2.45) is 23.3 Å². The average Bonchev–Trinajstić information content (AvgIpc) is 3.57. The number of aromatic nitrogens is 5. The standard InChI is InChI=1S/C31H36N8O3.ClH/c1-2-42-30-26(4-3-17-34-30)22-9-5-20(6-10-22)18-27(28(33)40)39(31(41)24-11-7-21(19-32)8-12-24)25-15-13-23(14-16-25)29-35-37-38-36-29;/h3-6,9-10,13-17,21,24,27H,2,7-8,11-12,18-19,32H2,1H3,(H2,33,40)(H,35,36,37,38);1H/t21?,24?,27-;/m0./s1. The van der Waals surface area contributed by atoms with E-state index < -0.39 is 11.9 Å². The minimum Gasteiger partial charge on any atom is -0.478 e. The molecule has 2 aromatic carbocycles. The number of tetrazole rings is 1. The van der Waals surface area contributed by atoms with Crippen molar-refractivity contribution in [2.45, 2.75) is 45.1 Å². The molecule has 2 aromatic heterocycles. The number of carbonyl (C=O) groups is 2. The van der Waals surface area contributed by atoms with Gasteiger partial charge in [0.2, 0.25) is 23.5 Å². The lowest BCUT2D eigenvalue weighted by molar-refractivity contribution is -0.127. The van der Waals surface area contributed by atoms with E-state index in [-0.39, 0.29) is 30.7 Å². The van der Waals surface area contributed by atoms with Crippen LogP contribution in [-0.2, 0) is 16.0 Å². The zero-order valence-electron chi connectivity index (χ0n) is 24.1. The number of nitrogens with zero attached hydrogens (tertiary/aromatic N) is 5. The number of hydrogen-bond donors (Lipinski definition) is 3. The number of aromatic amines is 1. The Morgan fingerprint density at radius 2 is 1.72 bits per heavy atom. The molecule has 1 aliphatic carbocycles. The second-order valence-corrected chi connectivity index (χ2v) is 10.6. The highest BCUT2D eigenvalue weighted by Gasteiger charge is 2.36. The smallest absolute Gasteiger partial charge is 0.240 e. The molecule has 5 rings (SSSR count). The first-order chi connectivity index (χ1) is 20.5. The molecule has 4 aromatic rings. The van der Waals surface area contributed by atoms with E-state index in [2.05, 4.69) is 25.6 Å². The van der Waals surface area contributed by atoms with Crippen LogP contribution in [0.3, 0.4) is 0 Å². The number of rotatable bonds is 11. The first kappa shape index (κ1) is 31.6. The molecule has 2 heterocycles. The Hall–Kier alpha value is -4.35. The number of H-pyrrole nitrogens is 1. The van der Waals surface area contributed by atoms with Crippen LogP contribution in [0.15, 0.2) is 66.9 Å². The molecule has 2 amide bonds. The molecule has 11 nitrogen and oxygen atoms in total. The Morgan fingerprint density at radius 1 is 1.02 bits per heavy atom. The van der Waals surface area contributed by atoms with Gasteiger partial charge in [0.05, 0.1) is 6.61 Å². The predicted octanol–water partition coefficient (Wildman–Crippen LogP) is 3.94. The first-order valence-corrected chi connectivity index (χ1v) is 14.3. The molecule has 1 fully saturated rings. The zero-order chi connectivity index (χ0) is 29.5. The van der Waals surface area contributed by atoms with Gasteiger partial charge in [0, 0.05) is 35.3 Å². The SMILES string of the molecule is CCOc1ncccc1-c1ccc(C[C@@H](C(N)=O)N(C(=O)C2CCC(CN)CC2)c2ccc(-c3nn[nH]n3)cc2)cc1.Cl. The van der Waals surface area contributed by atoms with Crippen LogP contribution < -0.4 is 21.1 Å². The van der Waals surface area contributed by atoms with Crippen LogP contribution in [0.2, 0.25) is 0 Å². The van der Waals surface area contributed by atoms with E-state index in [1.807, 2.05) is 55.5 Å². The van der Waals surface area contributed by atoms with Gasteiger partial charge in [0.15, 0.2) is 0 Å². The van der Waals surface area contributed by atoms with Gasteiger partial charge >= 0.3 is 0 Å². The highest BCUT2D eigenvalue weighted by atomic mass is 35.5. The number of nitrogens with two attached hydrogens (primary N) is 2. The van der Waals surface area contributed by atoms with E-state index >= 15 is 0 Å². The molecule has 0 bridgehead atoms. The van der Waals surface area contributed by atoms with Crippen LogP contribution in [0, 0.1) is 11.8 Å². The Bertz CT molecular complexity index is 1470. The molecule has 0 spiro atoms. The molecule has 226 valence electrons. The Labute approximate surface area is 256 Å². The van der Waals surface area contributed by atoms with Crippen molar-refractivity contribution >= 4 is 29.9 Å². The molecule has 0 radical (unpaired) electrons. The third kappa shape index (κ3) is 7.36. The predicted molar refractivity (Wildman–Crippen MR) is 166 cm³/mol. The number of amides is 2.